The molecule has 1 N–H and O–H groups in total. The van der Waals surface area contributed by atoms with E-state index in [4.69, 9.17) is 9.47 Å². The largest absolute Gasteiger partial charge is 0.482 e. The summed E-state index contributed by atoms with van der Waals surface area (Å²) in [5, 5.41) is 2.75. The van der Waals surface area contributed by atoms with Crippen molar-refractivity contribution in [3.05, 3.63) is 28.7 Å². The summed E-state index contributed by atoms with van der Waals surface area (Å²) in [6.07, 6.45) is 0. The van der Waals surface area contributed by atoms with Crippen LogP contribution in [0, 0.1) is 0 Å². The average molecular weight is 415 g/mol. The van der Waals surface area contributed by atoms with Gasteiger partial charge in [0.15, 0.2) is 13.2 Å². The Bertz CT molecular complexity index is 628. The van der Waals surface area contributed by atoms with Crippen molar-refractivity contribution in [3.63, 3.8) is 0 Å². The molecule has 7 nitrogen and oxygen atoms in total. The number of esters is 1. The molecule has 0 heterocycles. The standard InChI is InChI=1S/C17H23BrN2O5/c1-17(2,3)19-14(21)9-20(4)15(22)10-25-16(23)11-24-13-7-5-6-12(18)8-13/h5-8H,9-11H2,1-4H3,(H,19,21). The fourth-order valence-corrected chi connectivity index (χ4v) is 2.13. The monoisotopic (exact) mass is 414 g/mol. The fraction of sp³-hybridized carbons (Fsp3) is 0.471. The number of nitrogens with zero attached hydrogens (tertiary/aromatic N) is 1. The predicted molar refractivity (Wildman–Crippen MR) is 96.1 cm³/mol. The molecule has 0 bridgehead atoms. The summed E-state index contributed by atoms with van der Waals surface area (Å²) >= 11 is 3.29. The van der Waals surface area contributed by atoms with E-state index in [0.717, 1.165) is 4.47 Å². The second-order valence-corrected chi connectivity index (χ2v) is 7.37. The van der Waals surface area contributed by atoms with E-state index in [1.54, 1.807) is 18.2 Å². The van der Waals surface area contributed by atoms with E-state index >= 15 is 0 Å². The first-order chi connectivity index (χ1) is 11.6. The molecule has 138 valence electrons. The van der Waals surface area contributed by atoms with E-state index in [0.29, 0.717) is 5.75 Å². The van der Waals surface area contributed by atoms with Gasteiger partial charge < -0.3 is 19.7 Å². The summed E-state index contributed by atoms with van der Waals surface area (Å²) < 4.78 is 11.0. The molecule has 0 aliphatic carbocycles. The Morgan fingerprint density at radius 3 is 2.48 bits per heavy atom. The maximum Gasteiger partial charge on any atom is 0.344 e. The van der Waals surface area contributed by atoms with Gasteiger partial charge in [0.05, 0.1) is 6.54 Å². The molecule has 0 saturated heterocycles. The summed E-state index contributed by atoms with van der Waals surface area (Å²) in [5.74, 6) is -0.915. The molecule has 1 rings (SSSR count). The Labute approximate surface area is 155 Å². The Balaban J connectivity index is 2.32. The topological polar surface area (TPSA) is 84.9 Å². The van der Waals surface area contributed by atoms with Gasteiger partial charge in [0.1, 0.15) is 5.75 Å². The van der Waals surface area contributed by atoms with E-state index in [2.05, 4.69) is 21.2 Å². The molecule has 0 aliphatic rings. The lowest BCUT2D eigenvalue weighted by Crippen LogP contribution is -2.47. The Hall–Kier alpha value is -2.09. The highest BCUT2D eigenvalue weighted by Crippen LogP contribution is 2.17. The molecule has 0 aliphatic heterocycles. The van der Waals surface area contributed by atoms with Crippen LogP contribution in [0.25, 0.3) is 0 Å². The molecule has 0 spiro atoms. The summed E-state index contributed by atoms with van der Waals surface area (Å²) in [6, 6.07) is 7.01. The van der Waals surface area contributed by atoms with Gasteiger partial charge in [-0.25, -0.2) is 4.79 Å². The molecule has 0 aromatic heterocycles. The van der Waals surface area contributed by atoms with Crippen molar-refractivity contribution < 1.29 is 23.9 Å². The summed E-state index contributed by atoms with van der Waals surface area (Å²) in [7, 11) is 1.47. The summed E-state index contributed by atoms with van der Waals surface area (Å²) in [5.41, 5.74) is -0.378. The van der Waals surface area contributed by atoms with Crippen LogP contribution in [0.1, 0.15) is 20.8 Å². The van der Waals surface area contributed by atoms with Crippen LogP contribution in [0.3, 0.4) is 0 Å². The molecule has 25 heavy (non-hydrogen) atoms. The zero-order valence-electron chi connectivity index (χ0n) is 14.8. The number of halogens is 1. The summed E-state index contributed by atoms with van der Waals surface area (Å²) in [4.78, 5) is 36.5. The lowest BCUT2D eigenvalue weighted by atomic mass is 10.1. The molecule has 0 saturated carbocycles. The fourth-order valence-electron chi connectivity index (χ4n) is 1.75. The van der Waals surface area contributed by atoms with Gasteiger partial charge in [0.25, 0.3) is 5.91 Å². The number of rotatable bonds is 7. The molecule has 1 aromatic rings. The number of carbonyl (C=O) groups is 3. The molecule has 0 fully saturated rings. The smallest absolute Gasteiger partial charge is 0.344 e. The van der Waals surface area contributed by atoms with E-state index in [1.807, 2.05) is 26.8 Å². The van der Waals surface area contributed by atoms with Crippen molar-refractivity contribution in [1.29, 1.82) is 0 Å². The van der Waals surface area contributed by atoms with E-state index in [9.17, 15) is 14.4 Å². The van der Waals surface area contributed by atoms with E-state index < -0.39 is 18.5 Å². The normalized spacial score (nSPS) is 10.8. The number of hydrogen-bond acceptors (Lipinski definition) is 5. The number of likely N-dealkylation sites (N-methyl/N-ethyl adjacent to an activating group) is 1. The predicted octanol–water partition coefficient (Wildman–Crippen LogP) is 1.74. The minimum Gasteiger partial charge on any atom is -0.482 e. The first-order valence-corrected chi connectivity index (χ1v) is 8.45. The van der Waals surface area contributed by atoms with Crippen LogP contribution in [-0.2, 0) is 19.1 Å². The number of hydrogen-bond donors (Lipinski definition) is 1. The number of ether oxygens (including phenoxy) is 2. The Morgan fingerprint density at radius 1 is 1.20 bits per heavy atom. The number of amides is 2. The van der Waals surface area contributed by atoms with E-state index in [1.165, 1.54) is 11.9 Å². The minimum atomic E-state index is -0.666. The second kappa shape index (κ2) is 9.41. The van der Waals surface area contributed by atoms with Crippen molar-refractivity contribution in [2.24, 2.45) is 0 Å². The van der Waals surface area contributed by atoms with Gasteiger partial charge in [-0.2, -0.15) is 0 Å². The number of carbonyl (C=O) groups excluding carboxylic acids is 3. The van der Waals surface area contributed by atoms with Gasteiger partial charge in [-0.05, 0) is 39.0 Å². The minimum absolute atomic E-state index is 0.109. The third kappa shape index (κ3) is 9.09. The van der Waals surface area contributed by atoms with Gasteiger partial charge in [0, 0.05) is 17.1 Å². The van der Waals surface area contributed by atoms with Gasteiger partial charge in [-0.3, -0.25) is 9.59 Å². The lowest BCUT2D eigenvalue weighted by molar-refractivity contribution is -0.153. The lowest BCUT2D eigenvalue weighted by Gasteiger charge is -2.23. The first-order valence-electron chi connectivity index (χ1n) is 7.66. The van der Waals surface area contributed by atoms with Gasteiger partial charge in [-0.15, -0.1) is 0 Å². The summed E-state index contributed by atoms with van der Waals surface area (Å²) in [6.45, 7) is 4.68. The first kappa shape index (κ1) is 21.0. The van der Waals surface area contributed by atoms with Crippen molar-refractivity contribution in [2.45, 2.75) is 26.3 Å². The van der Waals surface area contributed by atoms with Crippen LogP contribution < -0.4 is 10.1 Å². The van der Waals surface area contributed by atoms with Crippen LogP contribution in [-0.4, -0.2) is 55.0 Å². The van der Waals surface area contributed by atoms with Crippen LogP contribution in [0.2, 0.25) is 0 Å². The Kier molecular flexibility index (Phi) is 7.89. The van der Waals surface area contributed by atoms with E-state index in [-0.39, 0.29) is 24.6 Å². The average Bonchev–Trinajstić information content (AvgIpc) is 2.48. The van der Waals surface area contributed by atoms with Crippen LogP contribution in [0.4, 0.5) is 0 Å². The zero-order valence-corrected chi connectivity index (χ0v) is 16.4. The highest BCUT2D eigenvalue weighted by Gasteiger charge is 2.18. The molecular formula is C17H23BrN2O5. The SMILES string of the molecule is CN(CC(=O)NC(C)(C)C)C(=O)COC(=O)COc1cccc(Br)c1. The van der Waals surface area contributed by atoms with Crippen molar-refractivity contribution in [3.8, 4) is 5.75 Å². The highest BCUT2D eigenvalue weighted by molar-refractivity contribution is 9.10. The third-order valence-electron chi connectivity index (χ3n) is 2.83. The van der Waals surface area contributed by atoms with Crippen LogP contribution in [0.15, 0.2) is 28.7 Å². The van der Waals surface area contributed by atoms with Crippen molar-refractivity contribution in [2.75, 3.05) is 26.8 Å². The molecule has 0 unspecified atom stereocenters. The highest BCUT2D eigenvalue weighted by atomic mass is 79.9. The second-order valence-electron chi connectivity index (χ2n) is 6.45. The number of nitrogens with one attached hydrogen (secondary N) is 1. The van der Waals surface area contributed by atoms with Crippen LogP contribution >= 0.6 is 15.9 Å². The van der Waals surface area contributed by atoms with Gasteiger partial charge in [-0.1, -0.05) is 22.0 Å². The quantitative estimate of drug-likeness (QED) is 0.686. The van der Waals surface area contributed by atoms with Crippen molar-refractivity contribution >= 4 is 33.7 Å². The maximum absolute atomic E-state index is 11.9. The molecule has 2 amide bonds. The van der Waals surface area contributed by atoms with Gasteiger partial charge >= 0.3 is 5.97 Å². The number of benzene rings is 1. The molecule has 0 radical (unpaired) electrons. The zero-order chi connectivity index (χ0) is 19.0. The Morgan fingerprint density at radius 2 is 1.88 bits per heavy atom. The van der Waals surface area contributed by atoms with Gasteiger partial charge in [0.2, 0.25) is 5.91 Å². The molecular weight excluding hydrogens is 392 g/mol. The maximum atomic E-state index is 11.9. The molecule has 8 heteroatoms. The molecule has 1 aromatic carbocycles. The third-order valence-corrected chi connectivity index (χ3v) is 3.32. The van der Waals surface area contributed by atoms with Crippen LogP contribution in [0.5, 0.6) is 5.75 Å². The molecule has 0 atom stereocenters. The van der Waals surface area contributed by atoms with Crippen molar-refractivity contribution in [1.82, 2.24) is 10.2 Å².